The summed E-state index contributed by atoms with van der Waals surface area (Å²) in [5.74, 6) is 1.02. The van der Waals surface area contributed by atoms with Gasteiger partial charge in [0, 0.05) is 24.0 Å². The van der Waals surface area contributed by atoms with E-state index in [4.69, 9.17) is 11.6 Å². The lowest BCUT2D eigenvalue weighted by atomic mass is 10.0. The molecule has 114 valence electrons. The van der Waals surface area contributed by atoms with Crippen LogP contribution >= 0.6 is 11.6 Å². The summed E-state index contributed by atoms with van der Waals surface area (Å²) in [6.45, 7) is 8.12. The van der Waals surface area contributed by atoms with E-state index >= 15 is 0 Å². The topological polar surface area (TPSA) is 42.7 Å². The maximum absolute atomic E-state index is 6.12. The largest absolute Gasteiger partial charge is 0.310 e. The van der Waals surface area contributed by atoms with Crippen molar-refractivity contribution >= 4 is 11.6 Å². The maximum atomic E-state index is 6.12. The minimum absolute atomic E-state index is 0.228. The highest BCUT2D eigenvalue weighted by Crippen LogP contribution is 2.23. The van der Waals surface area contributed by atoms with Crippen LogP contribution in [0.1, 0.15) is 43.3 Å². The van der Waals surface area contributed by atoms with E-state index < -0.39 is 0 Å². The molecule has 0 radical (unpaired) electrons. The van der Waals surface area contributed by atoms with Crippen molar-refractivity contribution in [2.75, 3.05) is 6.54 Å². The maximum Gasteiger partial charge on any atom is 0.138 e. The highest BCUT2D eigenvalue weighted by atomic mass is 35.5. The van der Waals surface area contributed by atoms with Gasteiger partial charge in [0.05, 0.1) is 0 Å². The minimum atomic E-state index is 0.228. The van der Waals surface area contributed by atoms with E-state index in [0.717, 1.165) is 42.3 Å². The van der Waals surface area contributed by atoms with Crippen LogP contribution in [0, 0.1) is 6.92 Å². The lowest BCUT2D eigenvalue weighted by molar-refractivity contribution is 0.498. The summed E-state index contributed by atoms with van der Waals surface area (Å²) in [7, 11) is 0. The Hall–Kier alpha value is -1.39. The summed E-state index contributed by atoms with van der Waals surface area (Å²) >= 11 is 6.12. The molecule has 4 nitrogen and oxygen atoms in total. The molecular weight excluding hydrogens is 284 g/mol. The fourth-order valence-corrected chi connectivity index (χ4v) is 2.58. The number of aryl methyl sites for hydroxylation is 2. The van der Waals surface area contributed by atoms with Crippen LogP contribution in [0.4, 0.5) is 0 Å². The van der Waals surface area contributed by atoms with Crippen LogP contribution in [0.15, 0.2) is 24.5 Å². The van der Waals surface area contributed by atoms with Gasteiger partial charge < -0.3 is 5.32 Å². The first-order valence-electron chi connectivity index (χ1n) is 7.51. The van der Waals surface area contributed by atoms with Crippen molar-refractivity contribution in [2.24, 2.45) is 0 Å². The van der Waals surface area contributed by atoms with Gasteiger partial charge in [0.2, 0.25) is 0 Å². The van der Waals surface area contributed by atoms with E-state index in [-0.39, 0.29) is 6.04 Å². The van der Waals surface area contributed by atoms with Gasteiger partial charge in [0.25, 0.3) is 0 Å². The number of nitrogens with zero attached hydrogens (tertiary/aromatic N) is 3. The van der Waals surface area contributed by atoms with E-state index in [0.29, 0.717) is 0 Å². The molecule has 0 aliphatic carbocycles. The van der Waals surface area contributed by atoms with Crippen molar-refractivity contribution in [3.8, 4) is 0 Å². The van der Waals surface area contributed by atoms with Gasteiger partial charge >= 0.3 is 0 Å². The van der Waals surface area contributed by atoms with Crippen LogP contribution in [0.5, 0.6) is 0 Å². The van der Waals surface area contributed by atoms with E-state index in [2.05, 4.69) is 41.4 Å². The first-order valence-corrected chi connectivity index (χ1v) is 7.89. The number of rotatable bonds is 7. The Kier molecular flexibility index (Phi) is 5.76. The summed E-state index contributed by atoms with van der Waals surface area (Å²) < 4.78 is 1.99. The van der Waals surface area contributed by atoms with Crippen molar-refractivity contribution in [3.05, 3.63) is 46.5 Å². The molecule has 0 bridgehead atoms. The third kappa shape index (κ3) is 4.05. The molecular formula is C16H23ClN4. The first-order chi connectivity index (χ1) is 10.2. The number of hydrogen-bond acceptors (Lipinski definition) is 3. The normalized spacial score (nSPS) is 12.6. The number of hydrogen-bond donors (Lipinski definition) is 1. The van der Waals surface area contributed by atoms with Crippen LogP contribution in [0.25, 0.3) is 0 Å². The molecule has 0 amide bonds. The molecule has 1 unspecified atom stereocenters. The third-order valence-corrected chi connectivity index (χ3v) is 3.98. The van der Waals surface area contributed by atoms with Crippen LogP contribution in [0.3, 0.4) is 0 Å². The quantitative estimate of drug-likeness (QED) is 0.851. The Morgan fingerprint density at radius 3 is 2.81 bits per heavy atom. The second kappa shape index (κ2) is 7.57. The zero-order valence-corrected chi connectivity index (χ0v) is 13.7. The van der Waals surface area contributed by atoms with Crippen molar-refractivity contribution in [1.29, 1.82) is 0 Å². The molecule has 1 atom stereocenters. The summed E-state index contributed by atoms with van der Waals surface area (Å²) in [6, 6.07) is 6.43. The number of nitrogens with one attached hydrogen (secondary N) is 1. The van der Waals surface area contributed by atoms with Gasteiger partial charge in [0.15, 0.2) is 0 Å². The van der Waals surface area contributed by atoms with E-state index in [1.54, 1.807) is 6.33 Å². The summed E-state index contributed by atoms with van der Waals surface area (Å²) in [6.07, 6.45) is 3.53. The standard InChI is InChI=1S/C16H23ClN4/c1-4-8-21-16(19-11-20-21)10-15(18-5-2)13-6-7-14(17)12(3)9-13/h6-7,9,11,15,18H,4-5,8,10H2,1-3H3. The van der Waals surface area contributed by atoms with Gasteiger partial charge in [-0.3, -0.25) is 4.68 Å². The molecule has 0 saturated carbocycles. The predicted octanol–water partition coefficient (Wildman–Crippen LogP) is 3.54. The lowest BCUT2D eigenvalue weighted by Gasteiger charge is -2.19. The van der Waals surface area contributed by atoms with E-state index in [1.165, 1.54) is 5.56 Å². The first kappa shape index (κ1) is 16.0. The van der Waals surface area contributed by atoms with Crippen LogP contribution < -0.4 is 5.32 Å². The average Bonchev–Trinajstić information content (AvgIpc) is 2.89. The average molecular weight is 307 g/mol. The highest BCUT2D eigenvalue weighted by molar-refractivity contribution is 6.31. The predicted molar refractivity (Wildman–Crippen MR) is 86.6 cm³/mol. The van der Waals surface area contributed by atoms with Crippen molar-refractivity contribution in [1.82, 2.24) is 20.1 Å². The van der Waals surface area contributed by atoms with Gasteiger partial charge in [-0.05, 0) is 37.1 Å². The molecule has 5 heteroatoms. The van der Waals surface area contributed by atoms with Crippen molar-refractivity contribution in [2.45, 2.75) is 46.2 Å². The molecule has 0 spiro atoms. The summed E-state index contributed by atoms with van der Waals surface area (Å²) in [5.41, 5.74) is 2.34. The fraction of sp³-hybridized carbons (Fsp3) is 0.500. The van der Waals surface area contributed by atoms with E-state index in [9.17, 15) is 0 Å². The molecule has 1 aromatic carbocycles. The SMILES string of the molecule is CCCn1ncnc1CC(NCC)c1ccc(Cl)c(C)c1. The van der Waals surface area contributed by atoms with Gasteiger partial charge in [-0.25, -0.2) is 4.98 Å². The van der Waals surface area contributed by atoms with Gasteiger partial charge in [-0.2, -0.15) is 5.10 Å². The van der Waals surface area contributed by atoms with Crippen molar-refractivity contribution in [3.63, 3.8) is 0 Å². The molecule has 2 rings (SSSR count). The molecule has 0 fully saturated rings. The Balaban J connectivity index is 2.22. The van der Waals surface area contributed by atoms with E-state index in [1.807, 2.05) is 17.7 Å². The summed E-state index contributed by atoms with van der Waals surface area (Å²) in [5, 5.41) is 8.64. The molecule has 0 aliphatic rings. The Morgan fingerprint density at radius 1 is 1.33 bits per heavy atom. The van der Waals surface area contributed by atoms with Crippen molar-refractivity contribution < 1.29 is 0 Å². The Morgan fingerprint density at radius 2 is 2.14 bits per heavy atom. The van der Waals surface area contributed by atoms with Gasteiger partial charge in [-0.15, -0.1) is 0 Å². The third-order valence-electron chi connectivity index (χ3n) is 3.55. The highest BCUT2D eigenvalue weighted by Gasteiger charge is 2.15. The smallest absolute Gasteiger partial charge is 0.138 e. The van der Waals surface area contributed by atoms with Crippen LogP contribution in [-0.4, -0.2) is 21.3 Å². The minimum Gasteiger partial charge on any atom is -0.310 e. The number of halogens is 1. The molecule has 1 N–H and O–H groups in total. The second-order valence-electron chi connectivity index (χ2n) is 5.22. The number of likely N-dealkylation sites (N-methyl/N-ethyl adjacent to an activating group) is 1. The monoisotopic (exact) mass is 306 g/mol. The Labute approximate surface area is 131 Å². The summed E-state index contributed by atoms with van der Waals surface area (Å²) in [4.78, 5) is 4.41. The molecule has 0 saturated heterocycles. The van der Waals surface area contributed by atoms with Crippen LogP contribution in [-0.2, 0) is 13.0 Å². The fourth-order valence-electron chi connectivity index (χ4n) is 2.47. The zero-order valence-electron chi connectivity index (χ0n) is 12.9. The Bertz CT molecular complexity index is 579. The zero-order chi connectivity index (χ0) is 15.2. The number of benzene rings is 1. The van der Waals surface area contributed by atoms with Crippen LogP contribution in [0.2, 0.25) is 5.02 Å². The molecule has 0 aliphatic heterocycles. The lowest BCUT2D eigenvalue weighted by Crippen LogP contribution is -2.24. The second-order valence-corrected chi connectivity index (χ2v) is 5.63. The molecule has 2 aromatic rings. The van der Waals surface area contributed by atoms with Gasteiger partial charge in [-0.1, -0.05) is 37.6 Å². The van der Waals surface area contributed by atoms with Gasteiger partial charge in [0.1, 0.15) is 12.2 Å². The molecule has 21 heavy (non-hydrogen) atoms. The molecule has 1 aromatic heterocycles. The number of aromatic nitrogens is 3. The molecule has 1 heterocycles.